The summed E-state index contributed by atoms with van der Waals surface area (Å²) in [6, 6.07) is 2.98. The molecule has 0 aliphatic heterocycles. The van der Waals surface area contributed by atoms with E-state index in [4.69, 9.17) is 0 Å². The fourth-order valence-electron chi connectivity index (χ4n) is 1.74. The molecular formula is C9H21NaOSi. The van der Waals surface area contributed by atoms with E-state index in [0.717, 1.165) is 37.4 Å². The molecule has 0 aromatic heterocycles. The van der Waals surface area contributed by atoms with Crippen molar-refractivity contribution >= 4 is 8.32 Å². The quantitative estimate of drug-likeness (QED) is 0.527. The van der Waals surface area contributed by atoms with E-state index < -0.39 is 8.32 Å². The first-order valence-corrected chi connectivity index (χ1v) is 7.42. The Balaban J connectivity index is 0. The molecule has 3 heteroatoms. The maximum Gasteiger partial charge on any atom is 1.00 e. The van der Waals surface area contributed by atoms with Crippen molar-refractivity contribution in [2.75, 3.05) is 0 Å². The monoisotopic (exact) mass is 196 g/mol. The Bertz CT molecular complexity index is 81.5. The molecule has 12 heavy (non-hydrogen) atoms. The first-order valence-electron chi connectivity index (χ1n) is 4.89. The van der Waals surface area contributed by atoms with Crippen LogP contribution in [0.15, 0.2) is 0 Å². The Morgan fingerprint density at radius 1 is 0.833 bits per heavy atom. The van der Waals surface area contributed by atoms with Gasteiger partial charge in [0.05, 0.1) is 0 Å². The van der Waals surface area contributed by atoms with Gasteiger partial charge in [-0.3, -0.25) is 0 Å². The minimum absolute atomic E-state index is 0. The Kier molecular flexibility index (Phi) is 11.4. The summed E-state index contributed by atoms with van der Waals surface area (Å²) >= 11 is 0. The number of rotatable bonds is 6. The topological polar surface area (TPSA) is 23.1 Å². The summed E-state index contributed by atoms with van der Waals surface area (Å²) < 4.78 is 0. The predicted octanol–water partition coefficient (Wildman–Crippen LogP) is -0.474. The van der Waals surface area contributed by atoms with E-state index in [-0.39, 0.29) is 29.6 Å². The molecular weight excluding hydrogens is 175 g/mol. The normalized spacial score (nSPS) is 11.0. The van der Waals surface area contributed by atoms with E-state index in [1.54, 1.807) is 0 Å². The van der Waals surface area contributed by atoms with Crippen molar-refractivity contribution in [3.05, 3.63) is 0 Å². The molecule has 0 rings (SSSR count). The van der Waals surface area contributed by atoms with Crippen LogP contribution in [0.1, 0.15) is 40.0 Å². The fourth-order valence-corrected chi connectivity index (χ4v) is 5.23. The second-order valence-electron chi connectivity index (χ2n) is 3.43. The average Bonchev–Trinajstić information content (AvgIpc) is 1.88. The van der Waals surface area contributed by atoms with E-state index >= 15 is 0 Å². The molecule has 0 heterocycles. The Hall–Kier alpha value is 1.18. The first kappa shape index (κ1) is 15.6. The minimum atomic E-state index is -2.00. The maximum absolute atomic E-state index is 12.0. The van der Waals surface area contributed by atoms with Gasteiger partial charge in [-0.2, -0.15) is 0 Å². The molecule has 68 valence electrons. The molecule has 0 aromatic rings. The van der Waals surface area contributed by atoms with Crippen LogP contribution in [0.4, 0.5) is 0 Å². The summed E-state index contributed by atoms with van der Waals surface area (Å²) in [6.07, 6.45) is 3.28. The number of hydrogen-bond donors (Lipinski definition) is 0. The van der Waals surface area contributed by atoms with Gasteiger partial charge >= 0.3 is 29.6 Å². The summed E-state index contributed by atoms with van der Waals surface area (Å²) in [5.41, 5.74) is 0. The van der Waals surface area contributed by atoms with Gasteiger partial charge in [-0.15, -0.1) is 0 Å². The van der Waals surface area contributed by atoms with Gasteiger partial charge < -0.3 is 4.80 Å². The van der Waals surface area contributed by atoms with Crippen molar-refractivity contribution in [1.82, 2.24) is 0 Å². The second kappa shape index (κ2) is 8.76. The van der Waals surface area contributed by atoms with Crippen LogP contribution in [0.5, 0.6) is 0 Å². The van der Waals surface area contributed by atoms with Crippen LogP contribution >= 0.6 is 0 Å². The van der Waals surface area contributed by atoms with Crippen molar-refractivity contribution in [3.63, 3.8) is 0 Å². The molecule has 0 bridgehead atoms. The van der Waals surface area contributed by atoms with E-state index in [2.05, 4.69) is 20.8 Å². The molecule has 0 fully saturated rings. The molecule has 0 unspecified atom stereocenters. The van der Waals surface area contributed by atoms with Gasteiger partial charge in [0.15, 0.2) is 0 Å². The van der Waals surface area contributed by atoms with Gasteiger partial charge in [-0.1, -0.05) is 58.2 Å². The third-order valence-electron chi connectivity index (χ3n) is 2.12. The molecule has 0 N–H and O–H groups in total. The largest absolute Gasteiger partial charge is 1.00 e. The zero-order chi connectivity index (χ0) is 8.74. The van der Waals surface area contributed by atoms with Crippen molar-refractivity contribution in [3.8, 4) is 0 Å². The van der Waals surface area contributed by atoms with Gasteiger partial charge in [0.25, 0.3) is 0 Å². The molecule has 0 radical (unpaired) electrons. The molecule has 0 spiro atoms. The maximum atomic E-state index is 12.0. The van der Waals surface area contributed by atoms with Gasteiger partial charge in [0, 0.05) is 0 Å². The predicted molar refractivity (Wildman–Crippen MR) is 51.0 cm³/mol. The van der Waals surface area contributed by atoms with E-state index in [1.165, 1.54) is 0 Å². The van der Waals surface area contributed by atoms with Crippen molar-refractivity contribution in [1.29, 1.82) is 0 Å². The van der Waals surface area contributed by atoms with Gasteiger partial charge in [0.2, 0.25) is 0 Å². The summed E-state index contributed by atoms with van der Waals surface area (Å²) in [5, 5.41) is 0. The Morgan fingerprint density at radius 2 is 1.08 bits per heavy atom. The minimum Gasteiger partial charge on any atom is -0.858 e. The third kappa shape index (κ3) is 6.67. The van der Waals surface area contributed by atoms with Crippen molar-refractivity contribution < 1.29 is 34.4 Å². The van der Waals surface area contributed by atoms with E-state index in [1.807, 2.05) is 0 Å². The van der Waals surface area contributed by atoms with Gasteiger partial charge in [-0.25, -0.2) is 0 Å². The Labute approximate surface area is 100 Å². The molecule has 1 nitrogen and oxygen atoms in total. The SMILES string of the molecule is CCC[Si]([O-])(CCC)CCC.[Na+]. The van der Waals surface area contributed by atoms with Crippen LogP contribution in [0, 0.1) is 0 Å². The van der Waals surface area contributed by atoms with Crippen LogP contribution in [0.3, 0.4) is 0 Å². The van der Waals surface area contributed by atoms with E-state index in [9.17, 15) is 4.80 Å². The zero-order valence-corrected chi connectivity index (χ0v) is 12.2. The van der Waals surface area contributed by atoms with Crippen LogP contribution < -0.4 is 34.4 Å². The molecule has 0 atom stereocenters. The first-order chi connectivity index (χ1) is 5.18. The Morgan fingerprint density at radius 3 is 1.25 bits per heavy atom. The molecule has 0 saturated heterocycles. The molecule has 0 saturated carbocycles. The van der Waals surface area contributed by atoms with Gasteiger partial charge in [-0.05, 0) is 8.32 Å². The van der Waals surface area contributed by atoms with Gasteiger partial charge in [0.1, 0.15) is 0 Å². The smallest absolute Gasteiger partial charge is 0.858 e. The fraction of sp³-hybridized carbons (Fsp3) is 1.00. The molecule has 0 aliphatic rings. The van der Waals surface area contributed by atoms with E-state index in [0.29, 0.717) is 0 Å². The standard InChI is InChI=1S/C9H21OSi.Na/c1-4-7-11(10,8-5-2)9-6-3;/h4-9H2,1-3H3;/q-1;+1. The summed E-state index contributed by atoms with van der Waals surface area (Å²) in [6.45, 7) is 6.39. The molecule has 0 aromatic carbocycles. The molecule has 0 aliphatic carbocycles. The summed E-state index contributed by atoms with van der Waals surface area (Å²) in [5.74, 6) is 0. The van der Waals surface area contributed by atoms with Crippen molar-refractivity contribution in [2.24, 2.45) is 0 Å². The summed E-state index contributed by atoms with van der Waals surface area (Å²) in [4.78, 5) is 12.0. The number of hydrogen-bond acceptors (Lipinski definition) is 1. The second-order valence-corrected chi connectivity index (χ2v) is 7.30. The third-order valence-corrected chi connectivity index (χ3v) is 6.35. The van der Waals surface area contributed by atoms with Crippen LogP contribution in [-0.2, 0) is 0 Å². The molecule has 0 amide bonds. The van der Waals surface area contributed by atoms with Crippen molar-refractivity contribution in [2.45, 2.75) is 58.2 Å². The van der Waals surface area contributed by atoms with Crippen LogP contribution in [0.25, 0.3) is 0 Å². The van der Waals surface area contributed by atoms with Crippen LogP contribution in [0.2, 0.25) is 18.1 Å². The average molecular weight is 196 g/mol. The zero-order valence-electron chi connectivity index (χ0n) is 9.15. The van der Waals surface area contributed by atoms with Crippen LogP contribution in [-0.4, -0.2) is 8.32 Å². The summed E-state index contributed by atoms with van der Waals surface area (Å²) in [7, 11) is -2.00.